The number of benzene rings is 1. The number of rotatable bonds is 8. The zero-order chi connectivity index (χ0) is 13.4. The molecule has 1 aromatic rings. The predicted molar refractivity (Wildman–Crippen MR) is 72.0 cm³/mol. The van der Waals surface area contributed by atoms with Crippen LogP contribution < -0.4 is 10.1 Å². The van der Waals surface area contributed by atoms with Gasteiger partial charge in [0.2, 0.25) is 0 Å². The summed E-state index contributed by atoms with van der Waals surface area (Å²) in [7, 11) is 0. The normalized spacial score (nSPS) is 12.4. The maximum Gasteiger partial charge on any atom is 0.122 e. The third-order valence-corrected chi connectivity index (χ3v) is 2.65. The van der Waals surface area contributed by atoms with E-state index in [0.29, 0.717) is 19.5 Å². The summed E-state index contributed by atoms with van der Waals surface area (Å²) in [5, 5.41) is 21.4. The summed E-state index contributed by atoms with van der Waals surface area (Å²) in [6.07, 6.45) is 0.161. The van der Waals surface area contributed by atoms with Gasteiger partial charge in [0.25, 0.3) is 0 Å². The van der Waals surface area contributed by atoms with Crippen molar-refractivity contribution in [3.63, 3.8) is 0 Å². The Morgan fingerprint density at radius 1 is 1.33 bits per heavy atom. The summed E-state index contributed by atoms with van der Waals surface area (Å²) < 4.78 is 5.57. The summed E-state index contributed by atoms with van der Waals surface area (Å²) in [5.74, 6) is 0.815. The molecule has 0 fully saturated rings. The summed E-state index contributed by atoms with van der Waals surface area (Å²) >= 11 is 0. The van der Waals surface area contributed by atoms with Gasteiger partial charge in [0.15, 0.2) is 0 Å². The molecular formula is C14H23NO3. The molecule has 102 valence electrons. The van der Waals surface area contributed by atoms with Gasteiger partial charge < -0.3 is 20.3 Å². The van der Waals surface area contributed by atoms with E-state index in [9.17, 15) is 5.11 Å². The maximum absolute atomic E-state index is 9.71. The van der Waals surface area contributed by atoms with Crippen LogP contribution in [0, 0.1) is 13.8 Å². The Bertz CT molecular complexity index is 355. The smallest absolute Gasteiger partial charge is 0.122 e. The fourth-order valence-corrected chi connectivity index (χ4v) is 1.68. The molecule has 0 aliphatic rings. The molecule has 0 heterocycles. The Morgan fingerprint density at radius 3 is 2.78 bits per heavy atom. The molecule has 4 heteroatoms. The van der Waals surface area contributed by atoms with Crippen LogP contribution in [-0.4, -0.2) is 42.6 Å². The second-order valence-electron chi connectivity index (χ2n) is 4.52. The molecule has 0 aliphatic heterocycles. The molecule has 1 atom stereocenters. The first-order valence-corrected chi connectivity index (χ1v) is 6.33. The summed E-state index contributed by atoms with van der Waals surface area (Å²) in [5.41, 5.74) is 2.28. The number of ether oxygens (including phenoxy) is 1. The van der Waals surface area contributed by atoms with Crippen LogP contribution in [0.3, 0.4) is 0 Å². The van der Waals surface area contributed by atoms with Crippen LogP contribution in [0.2, 0.25) is 0 Å². The number of nitrogens with one attached hydrogen (secondary N) is 1. The minimum Gasteiger partial charge on any atom is -0.491 e. The molecule has 1 rings (SSSR count). The van der Waals surface area contributed by atoms with Crippen LogP contribution in [0.25, 0.3) is 0 Å². The van der Waals surface area contributed by atoms with Crippen LogP contribution in [-0.2, 0) is 0 Å². The van der Waals surface area contributed by atoms with E-state index in [2.05, 4.69) is 11.4 Å². The van der Waals surface area contributed by atoms with Crippen molar-refractivity contribution in [2.45, 2.75) is 26.4 Å². The second kappa shape index (κ2) is 8.08. The highest BCUT2D eigenvalue weighted by Gasteiger charge is 2.06. The van der Waals surface area contributed by atoms with E-state index in [0.717, 1.165) is 11.3 Å². The van der Waals surface area contributed by atoms with Gasteiger partial charge in [0.05, 0.1) is 0 Å². The van der Waals surface area contributed by atoms with E-state index in [1.807, 2.05) is 26.0 Å². The van der Waals surface area contributed by atoms with Crippen molar-refractivity contribution in [3.8, 4) is 5.75 Å². The lowest BCUT2D eigenvalue weighted by atomic mass is 10.1. The van der Waals surface area contributed by atoms with Gasteiger partial charge in [-0.3, -0.25) is 0 Å². The molecule has 1 aromatic carbocycles. The summed E-state index contributed by atoms with van der Waals surface area (Å²) in [6.45, 7) is 5.66. The molecule has 0 amide bonds. The standard InChI is InChI=1S/C14H23NO3/c1-11-4-5-14(12(2)8-11)18-10-13(17)9-15-6-3-7-16/h4-5,8,13,15-17H,3,6-7,9-10H2,1-2H3. The second-order valence-corrected chi connectivity index (χ2v) is 4.52. The van der Waals surface area contributed by atoms with Gasteiger partial charge in [0.1, 0.15) is 18.5 Å². The molecule has 1 unspecified atom stereocenters. The maximum atomic E-state index is 9.71. The van der Waals surface area contributed by atoms with Gasteiger partial charge in [-0.15, -0.1) is 0 Å². The highest BCUT2D eigenvalue weighted by atomic mass is 16.5. The Kier molecular flexibility index (Phi) is 6.72. The van der Waals surface area contributed by atoms with Crippen LogP contribution in [0.1, 0.15) is 17.5 Å². The van der Waals surface area contributed by atoms with Gasteiger partial charge in [-0.2, -0.15) is 0 Å². The van der Waals surface area contributed by atoms with E-state index < -0.39 is 6.10 Å². The highest BCUT2D eigenvalue weighted by molar-refractivity contribution is 5.35. The molecule has 3 N–H and O–H groups in total. The molecule has 0 radical (unpaired) electrons. The lowest BCUT2D eigenvalue weighted by Gasteiger charge is -2.14. The molecule has 0 spiro atoms. The molecule has 0 aliphatic carbocycles. The predicted octanol–water partition coefficient (Wildman–Crippen LogP) is 1.02. The Hall–Kier alpha value is -1.10. The average molecular weight is 253 g/mol. The number of aliphatic hydroxyl groups is 2. The third-order valence-electron chi connectivity index (χ3n) is 2.65. The van der Waals surface area contributed by atoms with Crippen molar-refractivity contribution in [3.05, 3.63) is 29.3 Å². The van der Waals surface area contributed by atoms with Crippen LogP contribution >= 0.6 is 0 Å². The van der Waals surface area contributed by atoms with Crippen molar-refractivity contribution >= 4 is 0 Å². The minimum atomic E-state index is -0.538. The Morgan fingerprint density at radius 2 is 2.11 bits per heavy atom. The number of hydrogen-bond acceptors (Lipinski definition) is 4. The van der Waals surface area contributed by atoms with Gasteiger partial charge in [-0.05, 0) is 38.4 Å². The van der Waals surface area contributed by atoms with Crippen molar-refractivity contribution in [2.75, 3.05) is 26.3 Å². The first kappa shape index (κ1) is 15.0. The SMILES string of the molecule is Cc1ccc(OCC(O)CNCCCO)c(C)c1. The molecule has 0 saturated heterocycles. The monoisotopic (exact) mass is 253 g/mol. The summed E-state index contributed by atoms with van der Waals surface area (Å²) in [4.78, 5) is 0. The quantitative estimate of drug-likeness (QED) is 0.605. The first-order valence-electron chi connectivity index (χ1n) is 6.33. The summed E-state index contributed by atoms with van der Waals surface area (Å²) in [6, 6.07) is 5.98. The van der Waals surface area contributed by atoms with Crippen molar-refractivity contribution in [1.82, 2.24) is 5.32 Å². The number of hydrogen-bond donors (Lipinski definition) is 3. The van der Waals surface area contributed by atoms with E-state index in [1.165, 1.54) is 5.56 Å². The van der Waals surface area contributed by atoms with Crippen LogP contribution in [0.5, 0.6) is 5.75 Å². The minimum absolute atomic E-state index is 0.169. The number of aliphatic hydroxyl groups excluding tert-OH is 2. The highest BCUT2D eigenvalue weighted by Crippen LogP contribution is 2.18. The van der Waals surface area contributed by atoms with Crippen molar-refractivity contribution in [1.29, 1.82) is 0 Å². The zero-order valence-corrected chi connectivity index (χ0v) is 11.1. The van der Waals surface area contributed by atoms with E-state index in [1.54, 1.807) is 0 Å². The molecule has 0 bridgehead atoms. The van der Waals surface area contributed by atoms with E-state index in [-0.39, 0.29) is 13.2 Å². The molecule has 18 heavy (non-hydrogen) atoms. The molecule has 4 nitrogen and oxygen atoms in total. The molecule has 0 saturated carbocycles. The Labute approximate surface area is 109 Å². The van der Waals surface area contributed by atoms with Crippen molar-refractivity contribution < 1.29 is 14.9 Å². The van der Waals surface area contributed by atoms with Crippen LogP contribution in [0.15, 0.2) is 18.2 Å². The fourth-order valence-electron chi connectivity index (χ4n) is 1.68. The first-order chi connectivity index (χ1) is 8.63. The van der Waals surface area contributed by atoms with Gasteiger partial charge >= 0.3 is 0 Å². The third kappa shape index (κ3) is 5.49. The zero-order valence-electron chi connectivity index (χ0n) is 11.1. The fraction of sp³-hybridized carbons (Fsp3) is 0.571. The average Bonchev–Trinajstić information content (AvgIpc) is 2.33. The molecule has 0 aromatic heterocycles. The van der Waals surface area contributed by atoms with Gasteiger partial charge in [0, 0.05) is 13.2 Å². The van der Waals surface area contributed by atoms with E-state index in [4.69, 9.17) is 9.84 Å². The van der Waals surface area contributed by atoms with E-state index >= 15 is 0 Å². The molecular weight excluding hydrogens is 230 g/mol. The Balaban J connectivity index is 2.27. The lowest BCUT2D eigenvalue weighted by molar-refractivity contribution is 0.105. The van der Waals surface area contributed by atoms with Crippen LogP contribution in [0.4, 0.5) is 0 Å². The number of aryl methyl sites for hydroxylation is 2. The van der Waals surface area contributed by atoms with Crippen molar-refractivity contribution in [2.24, 2.45) is 0 Å². The van der Waals surface area contributed by atoms with Gasteiger partial charge in [-0.25, -0.2) is 0 Å². The lowest BCUT2D eigenvalue weighted by Crippen LogP contribution is -2.32. The topological polar surface area (TPSA) is 61.7 Å². The largest absolute Gasteiger partial charge is 0.491 e. The van der Waals surface area contributed by atoms with Gasteiger partial charge in [-0.1, -0.05) is 17.7 Å².